The number of hydrogen-bond donors (Lipinski definition) is 0. The summed E-state index contributed by atoms with van der Waals surface area (Å²) in [7, 11) is 1.58. The number of rotatable bonds is 9. The summed E-state index contributed by atoms with van der Waals surface area (Å²) in [6.07, 6.45) is 0.823. The van der Waals surface area contributed by atoms with Crippen molar-refractivity contribution in [3.63, 3.8) is 0 Å². The molecule has 2 heterocycles. The molecule has 9 heteroatoms. The molecule has 0 bridgehead atoms. The molecule has 170 valence electrons. The average molecular weight is 476 g/mol. The number of carbonyl (C=O) groups excluding carboxylic acids is 1. The quantitative estimate of drug-likeness (QED) is 0.464. The Bertz CT molecular complexity index is 1050. The lowest BCUT2D eigenvalue weighted by Gasteiger charge is -2.27. The number of nitrogens with zero attached hydrogens (tertiary/aromatic N) is 3. The Hall–Kier alpha value is -2.39. The molecule has 1 fully saturated rings. The van der Waals surface area contributed by atoms with Crippen molar-refractivity contribution in [1.29, 1.82) is 0 Å². The zero-order chi connectivity index (χ0) is 22.3. The molecule has 32 heavy (non-hydrogen) atoms. The van der Waals surface area contributed by atoms with Crippen LogP contribution >= 0.6 is 22.9 Å². The van der Waals surface area contributed by atoms with Gasteiger partial charge in [0.2, 0.25) is 0 Å². The Kier molecular flexibility index (Phi) is 7.81. The Morgan fingerprint density at radius 2 is 1.97 bits per heavy atom. The first kappa shape index (κ1) is 22.8. The second-order valence-corrected chi connectivity index (χ2v) is 8.79. The Labute approximate surface area is 196 Å². The van der Waals surface area contributed by atoms with E-state index >= 15 is 0 Å². The van der Waals surface area contributed by atoms with Gasteiger partial charge in [-0.3, -0.25) is 14.6 Å². The zero-order valence-corrected chi connectivity index (χ0v) is 19.5. The molecule has 1 saturated heterocycles. The highest BCUT2D eigenvalue weighted by molar-refractivity contribution is 7.22. The molecule has 0 unspecified atom stereocenters. The molecule has 3 aromatic rings. The summed E-state index contributed by atoms with van der Waals surface area (Å²) in [4.78, 5) is 21.9. The van der Waals surface area contributed by atoms with Crippen LogP contribution < -0.4 is 14.4 Å². The van der Waals surface area contributed by atoms with E-state index < -0.39 is 0 Å². The molecule has 2 aromatic carbocycles. The Morgan fingerprint density at radius 3 is 2.72 bits per heavy atom. The summed E-state index contributed by atoms with van der Waals surface area (Å²) in [6, 6.07) is 12.9. The fourth-order valence-electron chi connectivity index (χ4n) is 3.58. The maximum atomic E-state index is 13.2. The van der Waals surface area contributed by atoms with Gasteiger partial charge in [-0.2, -0.15) is 0 Å². The van der Waals surface area contributed by atoms with Gasteiger partial charge in [0.15, 0.2) is 23.2 Å². The molecule has 0 saturated carbocycles. The first-order chi connectivity index (χ1) is 15.7. The van der Waals surface area contributed by atoms with Crippen molar-refractivity contribution in [3.05, 3.63) is 47.5 Å². The lowest BCUT2D eigenvalue weighted by molar-refractivity contribution is -0.120. The van der Waals surface area contributed by atoms with Gasteiger partial charge in [0.05, 0.1) is 30.0 Å². The van der Waals surface area contributed by atoms with Crippen LogP contribution in [0.3, 0.4) is 0 Å². The van der Waals surface area contributed by atoms with Crippen LogP contribution in [0.4, 0.5) is 5.13 Å². The summed E-state index contributed by atoms with van der Waals surface area (Å²) < 4.78 is 17.5. The molecule has 1 aliphatic rings. The molecule has 1 amide bonds. The molecular formula is C23H26ClN3O4S. The average Bonchev–Trinajstić information content (AvgIpc) is 3.26. The standard InChI is InChI=1S/C23H26ClN3O4S/c1-29-18-7-2-3-8-19(18)31-16-21(28)27(11-5-10-26-12-14-30-15-13-26)23-25-22-17(24)6-4-9-20(22)32-23/h2-4,6-9H,5,10-16H2,1H3. The van der Waals surface area contributed by atoms with E-state index in [1.807, 2.05) is 30.3 Å². The second kappa shape index (κ2) is 11.0. The van der Waals surface area contributed by atoms with Gasteiger partial charge in [-0.1, -0.05) is 41.1 Å². The number of carbonyl (C=O) groups is 1. The maximum Gasteiger partial charge on any atom is 0.266 e. The number of para-hydroxylation sites is 3. The Balaban J connectivity index is 1.49. The van der Waals surface area contributed by atoms with Gasteiger partial charge in [-0.05, 0) is 30.7 Å². The van der Waals surface area contributed by atoms with Gasteiger partial charge in [0.1, 0.15) is 5.52 Å². The van der Waals surface area contributed by atoms with Crippen molar-refractivity contribution < 1.29 is 19.0 Å². The lowest BCUT2D eigenvalue weighted by Crippen LogP contribution is -2.40. The normalized spacial score (nSPS) is 14.4. The SMILES string of the molecule is COc1ccccc1OCC(=O)N(CCCN1CCOCC1)c1nc2c(Cl)cccc2s1. The van der Waals surface area contributed by atoms with E-state index in [0.29, 0.717) is 33.7 Å². The van der Waals surface area contributed by atoms with Crippen LogP contribution in [0.15, 0.2) is 42.5 Å². The van der Waals surface area contributed by atoms with E-state index in [-0.39, 0.29) is 12.5 Å². The van der Waals surface area contributed by atoms with Crippen molar-refractivity contribution in [1.82, 2.24) is 9.88 Å². The summed E-state index contributed by atoms with van der Waals surface area (Å²) >= 11 is 7.78. The van der Waals surface area contributed by atoms with Crippen LogP contribution in [0.2, 0.25) is 5.02 Å². The molecule has 4 rings (SSSR count). The van der Waals surface area contributed by atoms with Gasteiger partial charge >= 0.3 is 0 Å². The predicted octanol–water partition coefficient (Wildman–Crippen LogP) is 4.09. The first-order valence-corrected chi connectivity index (χ1v) is 11.8. The van der Waals surface area contributed by atoms with Crippen molar-refractivity contribution in [2.24, 2.45) is 0 Å². The summed E-state index contributed by atoms with van der Waals surface area (Å²) in [6.45, 7) is 4.68. The fourth-order valence-corrected chi connectivity index (χ4v) is 4.89. The molecule has 0 spiro atoms. The molecule has 1 aliphatic heterocycles. The molecule has 0 radical (unpaired) electrons. The summed E-state index contributed by atoms with van der Waals surface area (Å²) in [5, 5.41) is 1.21. The van der Waals surface area contributed by atoms with E-state index in [2.05, 4.69) is 9.88 Å². The van der Waals surface area contributed by atoms with Crippen molar-refractivity contribution in [3.8, 4) is 11.5 Å². The molecule has 0 atom stereocenters. The highest BCUT2D eigenvalue weighted by Gasteiger charge is 2.22. The number of halogens is 1. The van der Waals surface area contributed by atoms with E-state index in [9.17, 15) is 4.79 Å². The van der Waals surface area contributed by atoms with E-state index in [0.717, 1.165) is 44.0 Å². The summed E-state index contributed by atoms with van der Waals surface area (Å²) in [5.41, 5.74) is 0.714. The van der Waals surface area contributed by atoms with Crippen LogP contribution in [-0.2, 0) is 9.53 Å². The molecule has 0 N–H and O–H groups in total. The number of benzene rings is 2. The van der Waals surface area contributed by atoms with Gasteiger partial charge in [-0.25, -0.2) is 4.98 Å². The van der Waals surface area contributed by atoms with Crippen LogP contribution in [0.5, 0.6) is 11.5 Å². The van der Waals surface area contributed by atoms with Crippen LogP contribution in [0, 0.1) is 0 Å². The topological polar surface area (TPSA) is 64.1 Å². The zero-order valence-electron chi connectivity index (χ0n) is 18.0. The number of amides is 1. The van der Waals surface area contributed by atoms with Crippen LogP contribution in [0.25, 0.3) is 10.2 Å². The number of ether oxygens (including phenoxy) is 3. The minimum Gasteiger partial charge on any atom is -0.493 e. The monoisotopic (exact) mass is 475 g/mol. The number of anilines is 1. The minimum atomic E-state index is -0.159. The molecule has 1 aromatic heterocycles. The third-order valence-electron chi connectivity index (χ3n) is 5.27. The second-order valence-electron chi connectivity index (χ2n) is 7.38. The molecular weight excluding hydrogens is 450 g/mol. The predicted molar refractivity (Wildman–Crippen MR) is 127 cm³/mol. The third-order valence-corrected chi connectivity index (χ3v) is 6.62. The Morgan fingerprint density at radius 1 is 1.19 bits per heavy atom. The van der Waals surface area contributed by atoms with E-state index in [1.54, 1.807) is 24.1 Å². The molecule has 0 aliphatic carbocycles. The minimum absolute atomic E-state index is 0.110. The largest absolute Gasteiger partial charge is 0.493 e. The number of thiazole rings is 1. The third kappa shape index (κ3) is 5.50. The first-order valence-electron chi connectivity index (χ1n) is 10.6. The van der Waals surface area contributed by atoms with Gasteiger partial charge < -0.3 is 14.2 Å². The number of morpholine rings is 1. The fraction of sp³-hybridized carbons (Fsp3) is 0.391. The van der Waals surface area contributed by atoms with E-state index in [4.69, 9.17) is 25.8 Å². The van der Waals surface area contributed by atoms with Crippen LogP contribution in [-0.4, -0.2) is 68.9 Å². The van der Waals surface area contributed by atoms with Gasteiger partial charge in [0, 0.05) is 26.2 Å². The number of methoxy groups -OCH3 is 1. The van der Waals surface area contributed by atoms with Crippen molar-refractivity contribution >= 4 is 44.2 Å². The van der Waals surface area contributed by atoms with Gasteiger partial charge in [0.25, 0.3) is 5.91 Å². The smallest absolute Gasteiger partial charge is 0.266 e. The van der Waals surface area contributed by atoms with Crippen molar-refractivity contribution in [2.75, 3.05) is 58.0 Å². The highest BCUT2D eigenvalue weighted by Crippen LogP contribution is 2.33. The lowest BCUT2D eigenvalue weighted by atomic mass is 10.3. The number of fused-ring (bicyclic) bond motifs is 1. The van der Waals surface area contributed by atoms with Crippen molar-refractivity contribution in [2.45, 2.75) is 6.42 Å². The van der Waals surface area contributed by atoms with E-state index in [1.165, 1.54) is 11.3 Å². The van der Waals surface area contributed by atoms with Gasteiger partial charge in [-0.15, -0.1) is 0 Å². The maximum absolute atomic E-state index is 13.2. The summed E-state index contributed by atoms with van der Waals surface area (Å²) in [5.74, 6) is 0.961. The number of hydrogen-bond acceptors (Lipinski definition) is 7. The van der Waals surface area contributed by atoms with Crippen LogP contribution in [0.1, 0.15) is 6.42 Å². The number of aromatic nitrogens is 1. The molecule has 7 nitrogen and oxygen atoms in total. The highest BCUT2D eigenvalue weighted by atomic mass is 35.5.